The summed E-state index contributed by atoms with van der Waals surface area (Å²) in [6.07, 6.45) is 1.19. The molecule has 6 heteroatoms. The van der Waals surface area contributed by atoms with E-state index in [1.165, 1.54) is 6.26 Å². The molecule has 3 rings (SSSR count). The third-order valence-corrected chi connectivity index (χ3v) is 5.33. The van der Waals surface area contributed by atoms with Crippen LogP contribution < -0.4 is 0 Å². The van der Waals surface area contributed by atoms with Gasteiger partial charge in [0.2, 0.25) is 0 Å². The number of nitrogens with zero attached hydrogens (tertiary/aromatic N) is 2. The van der Waals surface area contributed by atoms with Gasteiger partial charge in [-0.1, -0.05) is 49.4 Å². The minimum absolute atomic E-state index is 0.0326. The van der Waals surface area contributed by atoms with Crippen LogP contribution in [0.2, 0.25) is 0 Å². The van der Waals surface area contributed by atoms with Crippen molar-refractivity contribution in [1.82, 2.24) is 5.01 Å². The Hall–Kier alpha value is -2.47. The van der Waals surface area contributed by atoms with E-state index in [0.717, 1.165) is 11.3 Å². The third-order valence-electron chi connectivity index (χ3n) is 4.20. The van der Waals surface area contributed by atoms with Crippen molar-refractivity contribution in [3.8, 4) is 0 Å². The summed E-state index contributed by atoms with van der Waals surface area (Å²) in [6.45, 7) is 2.96. The zero-order chi connectivity index (χ0) is 18.0. The molecule has 0 aromatic heterocycles. The second-order valence-electron chi connectivity index (χ2n) is 6.32. The topological polar surface area (TPSA) is 66.8 Å². The minimum atomic E-state index is -3.21. The summed E-state index contributed by atoms with van der Waals surface area (Å²) in [7, 11) is -3.21. The van der Waals surface area contributed by atoms with E-state index in [2.05, 4.69) is 12.0 Å². The summed E-state index contributed by atoms with van der Waals surface area (Å²) in [6, 6.07) is 15.9. The molecule has 0 amide bonds. The lowest BCUT2D eigenvalue weighted by Crippen LogP contribution is -2.25. The number of carbonyl (C=O) groups excluding carboxylic acids is 1. The average molecular weight is 356 g/mol. The highest BCUT2D eigenvalue weighted by Crippen LogP contribution is 2.21. The van der Waals surface area contributed by atoms with Crippen molar-refractivity contribution in [2.75, 3.05) is 19.3 Å². The average Bonchev–Trinajstić information content (AvgIpc) is 2.95. The zero-order valence-corrected chi connectivity index (χ0v) is 15.0. The molecular formula is C19H20N2O3S. The molecule has 2 aromatic carbocycles. The van der Waals surface area contributed by atoms with Crippen molar-refractivity contribution in [3.63, 3.8) is 0 Å². The standard InChI is InChI=1S/C19H20N2O3S/c1-14-12-21(13-18(22)15-6-4-3-5-7-15)20-19(14)16-8-10-17(11-9-16)25(2,23)24/h3-11,14H,12-13H2,1-2H3. The fourth-order valence-corrected chi connectivity index (χ4v) is 3.52. The van der Waals surface area contributed by atoms with Crippen molar-refractivity contribution in [2.45, 2.75) is 11.8 Å². The minimum Gasteiger partial charge on any atom is -0.292 e. The van der Waals surface area contributed by atoms with Gasteiger partial charge < -0.3 is 0 Å². The van der Waals surface area contributed by atoms with Crippen molar-refractivity contribution >= 4 is 21.3 Å². The van der Waals surface area contributed by atoms with Crippen molar-refractivity contribution in [3.05, 3.63) is 65.7 Å². The zero-order valence-electron chi connectivity index (χ0n) is 14.2. The lowest BCUT2D eigenvalue weighted by Gasteiger charge is -2.13. The van der Waals surface area contributed by atoms with Crippen molar-refractivity contribution in [1.29, 1.82) is 0 Å². The quantitative estimate of drug-likeness (QED) is 0.773. The van der Waals surface area contributed by atoms with Crippen molar-refractivity contribution < 1.29 is 13.2 Å². The van der Waals surface area contributed by atoms with Crippen LogP contribution >= 0.6 is 0 Å². The molecule has 2 aromatic rings. The van der Waals surface area contributed by atoms with Gasteiger partial charge in [0.25, 0.3) is 0 Å². The monoisotopic (exact) mass is 356 g/mol. The highest BCUT2D eigenvalue weighted by Gasteiger charge is 2.25. The van der Waals surface area contributed by atoms with Crippen molar-refractivity contribution in [2.24, 2.45) is 11.0 Å². The molecule has 130 valence electrons. The maximum absolute atomic E-state index is 12.3. The molecule has 5 nitrogen and oxygen atoms in total. The van der Waals surface area contributed by atoms with E-state index in [1.54, 1.807) is 41.4 Å². The molecule has 0 N–H and O–H groups in total. The van der Waals surface area contributed by atoms with Gasteiger partial charge in [0.1, 0.15) is 0 Å². The lowest BCUT2D eigenvalue weighted by atomic mass is 9.99. The Bertz CT molecular complexity index is 903. The molecule has 0 fully saturated rings. The van der Waals surface area contributed by atoms with Crippen LogP contribution in [0.15, 0.2) is 64.6 Å². The van der Waals surface area contributed by atoms with Crippen LogP contribution in [0, 0.1) is 5.92 Å². The second kappa shape index (κ2) is 6.80. The van der Waals surface area contributed by atoms with Crippen LogP contribution in [0.3, 0.4) is 0 Å². The highest BCUT2D eigenvalue weighted by atomic mass is 32.2. The van der Waals surface area contributed by atoms with Crippen LogP contribution in [-0.2, 0) is 9.84 Å². The van der Waals surface area contributed by atoms with E-state index >= 15 is 0 Å². The lowest BCUT2D eigenvalue weighted by molar-refractivity contribution is 0.0937. The molecule has 1 heterocycles. The van der Waals surface area contributed by atoms with E-state index in [4.69, 9.17) is 0 Å². The Balaban J connectivity index is 1.76. The predicted molar refractivity (Wildman–Crippen MR) is 97.6 cm³/mol. The number of carbonyl (C=O) groups is 1. The maximum atomic E-state index is 12.3. The number of rotatable bonds is 5. The molecule has 1 aliphatic heterocycles. The molecule has 1 unspecified atom stereocenters. The molecule has 1 atom stereocenters. The number of hydrazone groups is 1. The van der Waals surface area contributed by atoms with Gasteiger partial charge in [0, 0.05) is 24.3 Å². The first kappa shape index (κ1) is 17.4. The predicted octanol–water partition coefficient (Wildman–Crippen LogP) is 2.63. The molecule has 0 radical (unpaired) electrons. The van der Waals surface area contributed by atoms with Crippen LogP contribution in [0.5, 0.6) is 0 Å². The third kappa shape index (κ3) is 3.96. The first-order valence-electron chi connectivity index (χ1n) is 8.07. The van der Waals surface area contributed by atoms with Crippen LogP contribution in [0.1, 0.15) is 22.8 Å². The van der Waals surface area contributed by atoms with Gasteiger partial charge in [-0.15, -0.1) is 0 Å². The van der Waals surface area contributed by atoms with Crippen LogP contribution in [0.4, 0.5) is 0 Å². The summed E-state index contributed by atoms with van der Waals surface area (Å²) in [4.78, 5) is 12.6. The van der Waals surface area contributed by atoms with E-state index in [0.29, 0.717) is 17.0 Å². The molecule has 1 aliphatic rings. The Labute approximate surface area is 147 Å². The number of hydrogen-bond donors (Lipinski definition) is 0. The van der Waals surface area contributed by atoms with Gasteiger partial charge in [0.05, 0.1) is 17.2 Å². The Kier molecular flexibility index (Phi) is 4.72. The van der Waals surface area contributed by atoms with Gasteiger partial charge >= 0.3 is 0 Å². The maximum Gasteiger partial charge on any atom is 0.183 e. The van der Waals surface area contributed by atoms with Crippen LogP contribution in [-0.4, -0.2) is 44.3 Å². The number of ketones is 1. The molecule has 0 spiro atoms. The highest BCUT2D eigenvalue weighted by molar-refractivity contribution is 7.90. The Morgan fingerprint density at radius 3 is 2.36 bits per heavy atom. The Morgan fingerprint density at radius 2 is 1.76 bits per heavy atom. The normalized spacial score (nSPS) is 17.4. The van der Waals surface area contributed by atoms with Gasteiger partial charge in [0.15, 0.2) is 15.6 Å². The first-order valence-corrected chi connectivity index (χ1v) is 9.96. The summed E-state index contributed by atoms with van der Waals surface area (Å²) < 4.78 is 23.1. The molecule has 0 saturated carbocycles. The SMILES string of the molecule is CC1CN(CC(=O)c2ccccc2)N=C1c1ccc(S(C)(=O)=O)cc1. The smallest absolute Gasteiger partial charge is 0.183 e. The van der Waals surface area contributed by atoms with E-state index in [-0.39, 0.29) is 18.2 Å². The number of benzene rings is 2. The molecular weight excluding hydrogens is 336 g/mol. The molecule has 0 saturated heterocycles. The molecule has 0 aliphatic carbocycles. The molecule has 25 heavy (non-hydrogen) atoms. The second-order valence-corrected chi connectivity index (χ2v) is 8.33. The summed E-state index contributed by atoms with van der Waals surface area (Å²) >= 11 is 0. The first-order chi connectivity index (χ1) is 11.8. The van der Waals surface area contributed by atoms with Gasteiger partial charge in [-0.3, -0.25) is 9.80 Å². The fourth-order valence-electron chi connectivity index (χ4n) is 2.89. The summed E-state index contributed by atoms with van der Waals surface area (Å²) in [5.74, 6) is 0.206. The van der Waals surface area contributed by atoms with Gasteiger partial charge in [-0.05, 0) is 17.7 Å². The van der Waals surface area contributed by atoms with Gasteiger partial charge in [-0.25, -0.2) is 8.42 Å². The summed E-state index contributed by atoms with van der Waals surface area (Å²) in [5, 5.41) is 6.35. The van der Waals surface area contributed by atoms with E-state index in [1.807, 2.05) is 18.2 Å². The van der Waals surface area contributed by atoms with Gasteiger partial charge in [-0.2, -0.15) is 5.10 Å². The number of Topliss-reactive ketones (excluding diaryl/α,β-unsaturated/α-hetero) is 1. The van der Waals surface area contributed by atoms with Crippen LogP contribution in [0.25, 0.3) is 0 Å². The van der Waals surface area contributed by atoms with E-state index in [9.17, 15) is 13.2 Å². The molecule has 0 bridgehead atoms. The largest absolute Gasteiger partial charge is 0.292 e. The number of hydrogen-bond acceptors (Lipinski definition) is 5. The fraction of sp³-hybridized carbons (Fsp3) is 0.263. The number of sulfone groups is 1. The van der Waals surface area contributed by atoms with E-state index < -0.39 is 9.84 Å². The summed E-state index contributed by atoms with van der Waals surface area (Å²) in [5.41, 5.74) is 2.44. The Morgan fingerprint density at radius 1 is 1.12 bits per heavy atom.